The third kappa shape index (κ3) is 6.38. The number of amides is 1. The van der Waals surface area contributed by atoms with E-state index in [2.05, 4.69) is 10.5 Å². The van der Waals surface area contributed by atoms with Crippen LogP contribution in [0.1, 0.15) is 39.2 Å². The van der Waals surface area contributed by atoms with Crippen LogP contribution in [-0.2, 0) is 20.7 Å². The molecule has 0 saturated heterocycles. The molecule has 0 radical (unpaired) electrons. The van der Waals surface area contributed by atoms with Crippen LogP contribution in [0.2, 0.25) is 0 Å². The second kappa shape index (κ2) is 11.1. The van der Waals surface area contributed by atoms with Crippen LogP contribution < -0.4 is 14.9 Å². The number of methoxy groups -OCH3 is 2. The summed E-state index contributed by atoms with van der Waals surface area (Å²) in [6, 6.07) is 5.28. The van der Waals surface area contributed by atoms with E-state index in [4.69, 9.17) is 14.2 Å². The molecule has 7 nitrogen and oxygen atoms in total. The Morgan fingerprint density at radius 1 is 1.15 bits per heavy atom. The molecular formula is C19H28N2O5. The molecule has 1 aromatic rings. The summed E-state index contributed by atoms with van der Waals surface area (Å²) in [6.45, 7) is 5.78. The Labute approximate surface area is 154 Å². The van der Waals surface area contributed by atoms with Crippen molar-refractivity contribution in [3.05, 3.63) is 23.8 Å². The van der Waals surface area contributed by atoms with Gasteiger partial charge in [-0.15, -0.1) is 0 Å². The molecule has 0 aliphatic carbocycles. The van der Waals surface area contributed by atoms with Gasteiger partial charge in [-0.2, -0.15) is 5.10 Å². The fourth-order valence-electron chi connectivity index (χ4n) is 2.47. The van der Waals surface area contributed by atoms with Gasteiger partial charge in [0, 0.05) is 5.71 Å². The minimum absolute atomic E-state index is 0.134. The van der Waals surface area contributed by atoms with E-state index in [1.807, 2.05) is 6.92 Å². The van der Waals surface area contributed by atoms with Gasteiger partial charge in [0.25, 0.3) is 0 Å². The lowest BCUT2D eigenvalue weighted by molar-refractivity contribution is -0.145. The van der Waals surface area contributed by atoms with E-state index >= 15 is 0 Å². The molecule has 0 spiro atoms. The fourth-order valence-corrected chi connectivity index (χ4v) is 2.47. The third-order valence-corrected chi connectivity index (χ3v) is 3.82. The van der Waals surface area contributed by atoms with Gasteiger partial charge in [-0.25, -0.2) is 5.43 Å². The highest BCUT2D eigenvalue weighted by atomic mass is 16.5. The molecule has 26 heavy (non-hydrogen) atoms. The van der Waals surface area contributed by atoms with E-state index in [1.165, 1.54) is 0 Å². The van der Waals surface area contributed by atoms with Crippen LogP contribution in [-0.4, -0.2) is 38.4 Å². The van der Waals surface area contributed by atoms with Crippen LogP contribution in [0, 0.1) is 5.92 Å². The first kappa shape index (κ1) is 21.5. The molecule has 0 heterocycles. The lowest BCUT2D eigenvalue weighted by atomic mass is 9.99. The normalized spacial score (nSPS) is 12.3. The van der Waals surface area contributed by atoms with Gasteiger partial charge in [-0.3, -0.25) is 9.59 Å². The molecule has 0 aliphatic rings. The van der Waals surface area contributed by atoms with Crippen molar-refractivity contribution in [2.45, 2.75) is 40.0 Å². The molecule has 1 aromatic carbocycles. The minimum atomic E-state index is -0.443. The zero-order valence-electron chi connectivity index (χ0n) is 16.1. The first-order chi connectivity index (χ1) is 12.5. The second-order valence-corrected chi connectivity index (χ2v) is 5.75. The third-order valence-electron chi connectivity index (χ3n) is 3.82. The molecule has 0 bridgehead atoms. The fraction of sp³-hybridized carbons (Fsp3) is 0.526. The average Bonchev–Trinajstić information content (AvgIpc) is 2.64. The number of nitrogens with zero attached hydrogens (tertiary/aromatic N) is 1. The van der Waals surface area contributed by atoms with Gasteiger partial charge in [0.2, 0.25) is 5.91 Å². The highest BCUT2D eigenvalue weighted by Crippen LogP contribution is 2.27. The number of nitrogens with one attached hydrogen (secondary N) is 1. The monoisotopic (exact) mass is 364 g/mol. The minimum Gasteiger partial charge on any atom is -0.493 e. The molecule has 1 N–H and O–H groups in total. The summed E-state index contributed by atoms with van der Waals surface area (Å²) in [6.07, 6.45) is 1.57. The Hall–Kier alpha value is -2.57. The summed E-state index contributed by atoms with van der Waals surface area (Å²) in [4.78, 5) is 24.1. The van der Waals surface area contributed by atoms with Crippen molar-refractivity contribution in [2.75, 3.05) is 20.8 Å². The van der Waals surface area contributed by atoms with Gasteiger partial charge in [0.15, 0.2) is 11.5 Å². The van der Waals surface area contributed by atoms with Gasteiger partial charge in [0.05, 0.1) is 33.2 Å². The Kier molecular flexibility index (Phi) is 9.19. The number of hydrogen-bond donors (Lipinski definition) is 1. The van der Waals surface area contributed by atoms with E-state index in [0.29, 0.717) is 30.2 Å². The van der Waals surface area contributed by atoms with Gasteiger partial charge < -0.3 is 14.2 Å². The summed E-state index contributed by atoms with van der Waals surface area (Å²) in [5.41, 5.74) is 3.80. The molecule has 0 fully saturated rings. The second-order valence-electron chi connectivity index (χ2n) is 5.75. The van der Waals surface area contributed by atoms with Crippen molar-refractivity contribution >= 4 is 17.6 Å². The highest BCUT2D eigenvalue weighted by Gasteiger charge is 2.22. The van der Waals surface area contributed by atoms with Crippen molar-refractivity contribution < 1.29 is 23.8 Å². The van der Waals surface area contributed by atoms with Crippen LogP contribution in [0.15, 0.2) is 23.3 Å². The number of benzene rings is 1. The van der Waals surface area contributed by atoms with Crippen LogP contribution in [0.25, 0.3) is 0 Å². The number of hydrogen-bond acceptors (Lipinski definition) is 6. The van der Waals surface area contributed by atoms with Gasteiger partial charge >= 0.3 is 5.97 Å². The molecule has 1 atom stereocenters. The number of esters is 1. The molecular weight excluding hydrogens is 336 g/mol. The van der Waals surface area contributed by atoms with Crippen molar-refractivity contribution in [1.82, 2.24) is 5.43 Å². The number of carbonyl (C=O) groups excluding carboxylic acids is 2. The maximum atomic E-state index is 12.1. The molecule has 7 heteroatoms. The molecule has 0 saturated carbocycles. The Balaban J connectivity index is 2.74. The lowest BCUT2D eigenvalue weighted by Gasteiger charge is -2.14. The quantitative estimate of drug-likeness (QED) is 0.392. The number of hydrazone groups is 1. The summed E-state index contributed by atoms with van der Waals surface area (Å²) < 4.78 is 15.5. The molecule has 1 rings (SSSR count). The Bertz CT molecular complexity index is 643. The number of rotatable bonds is 10. The average molecular weight is 364 g/mol. The zero-order chi connectivity index (χ0) is 19.5. The van der Waals surface area contributed by atoms with E-state index < -0.39 is 5.92 Å². The smallest absolute Gasteiger partial charge is 0.314 e. The predicted octanol–water partition coefficient (Wildman–Crippen LogP) is 2.72. The van der Waals surface area contributed by atoms with E-state index in [0.717, 1.165) is 12.0 Å². The van der Waals surface area contributed by atoms with Crippen molar-refractivity contribution in [2.24, 2.45) is 11.0 Å². The number of ether oxygens (including phenoxy) is 3. The predicted molar refractivity (Wildman–Crippen MR) is 99.5 cm³/mol. The van der Waals surface area contributed by atoms with Crippen molar-refractivity contribution in [3.63, 3.8) is 0 Å². The molecule has 144 valence electrons. The molecule has 0 unspecified atom stereocenters. The topological polar surface area (TPSA) is 86.2 Å². The van der Waals surface area contributed by atoms with Crippen LogP contribution in [0.3, 0.4) is 0 Å². The summed E-state index contributed by atoms with van der Waals surface area (Å²) in [5.74, 6) is 0.118. The van der Waals surface area contributed by atoms with Gasteiger partial charge in [-0.1, -0.05) is 19.4 Å². The Morgan fingerprint density at radius 2 is 1.85 bits per heavy atom. The molecule has 1 amide bonds. The standard InChI is InChI=1S/C19H28N2O5/c1-6-8-15(19(23)26-7-2)13(3)20-21-18(22)12-14-9-10-16(24-4)17(11-14)25-5/h9-11,15H,6-8,12H2,1-5H3,(H,21,22)/b20-13+/t15-/m1/s1. The van der Waals surface area contributed by atoms with Crippen LogP contribution in [0.4, 0.5) is 0 Å². The first-order valence-corrected chi connectivity index (χ1v) is 8.67. The highest BCUT2D eigenvalue weighted by molar-refractivity contribution is 6.01. The van der Waals surface area contributed by atoms with E-state index in [9.17, 15) is 9.59 Å². The Morgan fingerprint density at radius 3 is 2.42 bits per heavy atom. The largest absolute Gasteiger partial charge is 0.493 e. The zero-order valence-corrected chi connectivity index (χ0v) is 16.1. The SMILES string of the molecule is CCC[C@@H](C(=O)OCC)/C(C)=N/NC(=O)Cc1ccc(OC)c(OC)c1. The maximum absolute atomic E-state index is 12.1. The maximum Gasteiger partial charge on any atom is 0.314 e. The van der Waals surface area contributed by atoms with E-state index in [1.54, 1.807) is 46.3 Å². The van der Waals surface area contributed by atoms with Crippen LogP contribution in [0.5, 0.6) is 11.5 Å². The first-order valence-electron chi connectivity index (χ1n) is 8.67. The number of carbonyl (C=O) groups is 2. The lowest BCUT2D eigenvalue weighted by Crippen LogP contribution is -2.28. The van der Waals surface area contributed by atoms with Gasteiger partial charge in [-0.05, 0) is 38.0 Å². The summed E-state index contributed by atoms with van der Waals surface area (Å²) in [5, 5.41) is 4.08. The molecule has 0 aliphatic heterocycles. The molecule has 0 aromatic heterocycles. The van der Waals surface area contributed by atoms with Gasteiger partial charge in [0.1, 0.15) is 0 Å². The van der Waals surface area contributed by atoms with E-state index in [-0.39, 0.29) is 18.3 Å². The van der Waals surface area contributed by atoms with Crippen molar-refractivity contribution in [1.29, 1.82) is 0 Å². The van der Waals surface area contributed by atoms with Crippen molar-refractivity contribution in [3.8, 4) is 11.5 Å². The summed E-state index contributed by atoms with van der Waals surface area (Å²) in [7, 11) is 3.09. The van der Waals surface area contributed by atoms with Crippen LogP contribution >= 0.6 is 0 Å². The summed E-state index contributed by atoms with van der Waals surface area (Å²) >= 11 is 0.